The van der Waals surface area contributed by atoms with Gasteiger partial charge in [-0.3, -0.25) is 19.3 Å². The molecule has 0 bridgehead atoms. The van der Waals surface area contributed by atoms with Crippen molar-refractivity contribution < 1.29 is 9.59 Å². The molecule has 0 unspecified atom stereocenters. The van der Waals surface area contributed by atoms with Gasteiger partial charge in [-0.15, -0.1) is 0 Å². The summed E-state index contributed by atoms with van der Waals surface area (Å²) in [5.74, 6) is 0.138. The van der Waals surface area contributed by atoms with Crippen molar-refractivity contribution in [3.8, 4) is 11.4 Å². The molecule has 10 heteroatoms. The lowest BCUT2D eigenvalue weighted by atomic mass is 10.1. The summed E-state index contributed by atoms with van der Waals surface area (Å²) >= 11 is 17.2. The molecule has 0 saturated carbocycles. The van der Waals surface area contributed by atoms with Crippen LogP contribution in [0.15, 0.2) is 42.5 Å². The average Bonchev–Trinajstić information content (AvgIpc) is 3.09. The Morgan fingerprint density at radius 3 is 2.68 bits per heavy atom. The summed E-state index contributed by atoms with van der Waals surface area (Å²) in [5.41, 5.74) is 2.52. The summed E-state index contributed by atoms with van der Waals surface area (Å²) in [4.78, 5) is 26.2. The topological polar surface area (TPSA) is 83.0 Å². The zero-order valence-electron chi connectivity index (χ0n) is 17.0. The second-order valence-corrected chi connectivity index (χ2v) is 8.25. The predicted molar refractivity (Wildman–Crippen MR) is 125 cm³/mol. The lowest BCUT2D eigenvalue weighted by molar-refractivity contribution is -0.133. The molecule has 162 valence electrons. The number of amides is 2. The van der Waals surface area contributed by atoms with Crippen LogP contribution in [-0.4, -0.2) is 45.1 Å². The van der Waals surface area contributed by atoms with E-state index < -0.39 is 0 Å². The molecule has 31 heavy (non-hydrogen) atoms. The highest BCUT2D eigenvalue weighted by molar-refractivity contribution is 7.71. The molecule has 0 aliphatic carbocycles. The number of halogens is 2. The lowest BCUT2D eigenvalue weighted by Crippen LogP contribution is -2.35. The molecule has 0 saturated heterocycles. The number of aryl methyl sites for hydroxylation is 1. The summed E-state index contributed by atoms with van der Waals surface area (Å²) in [6, 6.07) is 12.7. The van der Waals surface area contributed by atoms with Gasteiger partial charge in [-0.1, -0.05) is 47.0 Å². The lowest BCUT2D eigenvalue weighted by Gasteiger charge is -2.17. The molecule has 0 radical (unpaired) electrons. The highest BCUT2D eigenvalue weighted by atomic mass is 35.5. The molecule has 2 N–H and O–H groups in total. The molecule has 1 aromatic heterocycles. The van der Waals surface area contributed by atoms with Crippen molar-refractivity contribution in [3.05, 3.63) is 62.8 Å². The van der Waals surface area contributed by atoms with Crippen LogP contribution < -0.4 is 5.32 Å². The zero-order valence-corrected chi connectivity index (χ0v) is 19.3. The number of nitrogens with one attached hydrogen (secondary N) is 2. The summed E-state index contributed by atoms with van der Waals surface area (Å²) in [6.07, 6.45) is 0.170. The molecular formula is C21H21Cl2N5O2S. The molecule has 0 spiro atoms. The quantitative estimate of drug-likeness (QED) is 0.482. The van der Waals surface area contributed by atoms with Gasteiger partial charge in [-0.05, 0) is 43.4 Å². The second-order valence-electron chi connectivity index (χ2n) is 7.05. The maximum absolute atomic E-state index is 12.6. The van der Waals surface area contributed by atoms with E-state index in [2.05, 4.69) is 15.5 Å². The number of benzene rings is 2. The van der Waals surface area contributed by atoms with E-state index >= 15 is 0 Å². The normalized spacial score (nSPS) is 10.7. The highest BCUT2D eigenvalue weighted by Gasteiger charge is 2.16. The number of rotatable bonds is 7. The minimum atomic E-state index is -0.338. The van der Waals surface area contributed by atoms with Crippen molar-refractivity contribution in [1.29, 1.82) is 0 Å². The van der Waals surface area contributed by atoms with Gasteiger partial charge in [0.1, 0.15) is 0 Å². The molecule has 3 rings (SSSR count). The van der Waals surface area contributed by atoms with Gasteiger partial charge in [-0.25, -0.2) is 0 Å². The number of hydrogen-bond donors (Lipinski definition) is 2. The number of H-pyrrole nitrogens is 1. The van der Waals surface area contributed by atoms with Crippen LogP contribution in [0.25, 0.3) is 11.4 Å². The Morgan fingerprint density at radius 2 is 1.97 bits per heavy atom. The van der Waals surface area contributed by atoms with E-state index in [0.717, 1.165) is 11.1 Å². The minimum absolute atomic E-state index is 0.0966. The minimum Gasteiger partial charge on any atom is -0.336 e. The summed E-state index contributed by atoms with van der Waals surface area (Å²) in [6.45, 7) is 2.24. The first kappa shape index (κ1) is 23.0. The maximum Gasteiger partial charge on any atom is 0.243 e. The fourth-order valence-electron chi connectivity index (χ4n) is 3.01. The first-order chi connectivity index (χ1) is 14.7. The number of carbonyl (C=O) groups excluding carboxylic acids is 2. The Hall–Kier alpha value is -2.68. The highest BCUT2D eigenvalue weighted by Crippen LogP contribution is 2.25. The van der Waals surface area contributed by atoms with Crippen molar-refractivity contribution in [3.63, 3.8) is 0 Å². The number of aromatic amines is 1. The smallest absolute Gasteiger partial charge is 0.243 e. The molecule has 0 aliphatic heterocycles. The molecule has 7 nitrogen and oxygen atoms in total. The second kappa shape index (κ2) is 10.1. The predicted octanol–water partition coefficient (Wildman–Crippen LogP) is 4.71. The van der Waals surface area contributed by atoms with Crippen LogP contribution in [0.1, 0.15) is 12.0 Å². The number of aromatic nitrogens is 3. The van der Waals surface area contributed by atoms with Gasteiger partial charge in [0.25, 0.3) is 0 Å². The monoisotopic (exact) mass is 477 g/mol. The molecule has 1 heterocycles. The first-order valence-corrected chi connectivity index (χ1v) is 10.6. The van der Waals surface area contributed by atoms with Crippen molar-refractivity contribution in [2.45, 2.75) is 19.9 Å². The van der Waals surface area contributed by atoms with Gasteiger partial charge in [0.15, 0.2) is 10.6 Å². The summed E-state index contributed by atoms with van der Waals surface area (Å²) < 4.78 is 2.22. The van der Waals surface area contributed by atoms with E-state index in [1.807, 2.05) is 31.2 Å². The van der Waals surface area contributed by atoms with Crippen LogP contribution >= 0.6 is 35.4 Å². The van der Waals surface area contributed by atoms with E-state index in [-0.39, 0.29) is 24.8 Å². The molecule has 0 aliphatic rings. The molecular weight excluding hydrogens is 457 g/mol. The van der Waals surface area contributed by atoms with Crippen molar-refractivity contribution in [2.24, 2.45) is 0 Å². The standard InChI is InChI=1S/C21H21Cl2N5O2S/c1-13-4-3-5-14(10-13)20-25-26-21(31)28(20)9-8-19(30)27(2)12-18(29)24-15-6-7-16(22)17(23)11-15/h3-7,10-11H,8-9,12H2,1-2H3,(H,24,29)(H,26,31). The van der Waals surface area contributed by atoms with Gasteiger partial charge in [-0.2, -0.15) is 5.10 Å². The van der Waals surface area contributed by atoms with Gasteiger partial charge < -0.3 is 10.2 Å². The molecule has 0 fully saturated rings. The Morgan fingerprint density at radius 1 is 1.19 bits per heavy atom. The SMILES string of the molecule is Cc1cccc(-c2n[nH]c(=S)n2CCC(=O)N(C)CC(=O)Nc2ccc(Cl)c(Cl)c2)c1. The Balaban J connectivity index is 1.59. The van der Waals surface area contributed by atoms with Crippen molar-refractivity contribution in [1.82, 2.24) is 19.7 Å². The first-order valence-electron chi connectivity index (χ1n) is 9.45. The molecule has 3 aromatic rings. The number of carbonyl (C=O) groups is 2. The van der Waals surface area contributed by atoms with Crippen LogP contribution in [0, 0.1) is 11.7 Å². The largest absolute Gasteiger partial charge is 0.336 e. The van der Waals surface area contributed by atoms with Crippen LogP contribution in [0.4, 0.5) is 5.69 Å². The van der Waals surface area contributed by atoms with Crippen LogP contribution in [0.2, 0.25) is 10.0 Å². The summed E-state index contributed by atoms with van der Waals surface area (Å²) in [5, 5.41) is 10.5. The third-order valence-electron chi connectivity index (χ3n) is 4.59. The fourth-order valence-corrected chi connectivity index (χ4v) is 3.53. The van der Waals surface area contributed by atoms with Gasteiger partial charge >= 0.3 is 0 Å². The third kappa shape index (κ3) is 5.94. The van der Waals surface area contributed by atoms with Crippen LogP contribution in [0.3, 0.4) is 0 Å². The van der Waals surface area contributed by atoms with Gasteiger partial charge in [0.05, 0.1) is 16.6 Å². The van der Waals surface area contributed by atoms with Crippen molar-refractivity contribution in [2.75, 3.05) is 18.9 Å². The maximum atomic E-state index is 12.6. The van der Waals surface area contributed by atoms with E-state index in [9.17, 15) is 9.59 Å². The number of likely N-dealkylation sites (N-methyl/N-ethyl adjacent to an activating group) is 1. The third-order valence-corrected chi connectivity index (χ3v) is 5.64. The van der Waals surface area contributed by atoms with E-state index in [1.54, 1.807) is 29.8 Å². The summed E-state index contributed by atoms with van der Waals surface area (Å²) in [7, 11) is 1.58. The fraction of sp³-hybridized carbons (Fsp3) is 0.238. The van der Waals surface area contributed by atoms with Crippen molar-refractivity contribution >= 4 is 52.9 Å². The Bertz CT molecular complexity index is 1170. The van der Waals surface area contributed by atoms with Crippen LogP contribution in [0.5, 0.6) is 0 Å². The van der Waals surface area contributed by atoms with Gasteiger partial charge in [0.2, 0.25) is 11.8 Å². The number of anilines is 1. The average molecular weight is 478 g/mol. The van der Waals surface area contributed by atoms with E-state index in [0.29, 0.717) is 32.9 Å². The Labute approximate surface area is 195 Å². The number of hydrogen-bond acceptors (Lipinski definition) is 4. The molecule has 0 atom stereocenters. The number of nitrogens with zero attached hydrogens (tertiary/aromatic N) is 3. The Kier molecular flexibility index (Phi) is 7.48. The van der Waals surface area contributed by atoms with Gasteiger partial charge in [0, 0.05) is 31.3 Å². The van der Waals surface area contributed by atoms with E-state index in [1.165, 1.54) is 4.90 Å². The molecule has 2 amide bonds. The molecule has 2 aromatic carbocycles. The zero-order chi connectivity index (χ0) is 22.5. The van der Waals surface area contributed by atoms with Crippen LogP contribution in [-0.2, 0) is 16.1 Å². The van der Waals surface area contributed by atoms with E-state index in [4.69, 9.17) is 35.4 Å².